The molecule has 2 N–H and O–H groups in total. The number of hydrogen-bond acceptors (Lipinski definition) is 7. The van der Waals surface area contributed by atoms with E-state index in [0.717, 1.165) is 6.07 Å². The Hall–Kier alpha value is -3.07. The first kappa shape index (κ1) is 20.7. The highest BCUT2D eigenvalue weighted by atomic mass is 16.6. The number of aromatic hydroxyl groups is 1. The van der Waals surface area contributed by atoms with Gasteiger partial charge in [-0.15, -0.1) is 0 Å². The van der Waals surface area contributed by atoms with Crippen LogP contribution < -0.4 is 10.9 Å². The van der Waals surface area contributed by atoms with Gasteiger partial charge in [0.15, 0.2) is 5.58 Å². The van der Waals surface area contributed by atoms with E-state index < -0.39 is 11.2 Å². The van der Waals surface area contributed by atoms with E-state index in [1.54, 1.807) is 23.1 Å². The van der Waals surface area contributed by atoms with E-state index in [2.05, 4.69) is 5.32 Å². The highest BCUT2D eigenvalue weighted by molar-refractivity contribution is 6.01. The van der Waals surface area contributed by atoms with Crippen LogP contribution in [0.3, 0.4) is 0 Å². The molecule has 0 saturated carbocycles. The van der Waals surface area contributed by atoms with Gasteiger partial charge in [-0.2, -0.15) is 0 Å². The van der Waals surface area contributed by atoms with Gasteiger partial charge in [0.2, 0.25) is 5.91 Å². The van der Waals surface area contributed by atoms with Gasteiger partial charge in [-0.3, -0.25) is 9.69 Å². The molecule has 1 fully saturated rings. The fourth-order valence-corrected chi connectivity index (χ4v) is 3.07. The molecule has 2 amide bonds. The van der Waals surface area contributed by atoms with E-state index in [4.69, 9.17) is 9.15 Å². The standard InChI is InChI=1S/C20H25N3O6/c1-20(2,3)29-19(27)23-9-7-22(8-10-23)12-16(25)21-14-6-4-5-13-15(24)11-17(26)28-18(13)14/h4-6,11,24H,7-10,12H2,1-3H3,(H,21,25). The molecular weight excluding hydrogens is 378 g/mol. The van der Waals surface area contributed by atoms with Gasteiger partial charge in [0.1, 0.15) is 11.4 Å². The third-order valence-corrected chi connectivity index (χ3v) is 4.41. The van der Waals surface area contributed by atoms with Gasteiger partial charge in [-0.25, -0.2) is 9.59 Å². The van der Waals surface area contributed by atoms with Crippen molar-refractivity contribution in [1.82, 2.24) is 9.80 Å². The summed E-state index contributed by atoms with van der Waals surface area (Å²) >= 11 is 0. The second-order valence-corrected chi connectivity index (χ2v) is 7.92. The molecular formula is C20H25N3O6. The molecule has 0 unspecified atom stereocenters. The van der Waals surface area contributed by atoms with Gasteiger partial charge in [0.05, 0.1) is 23.7 Å². The van der Waals surface area contributed by atoms with Crippen molar-refractivity contribution in [3.63, 3.8) is 0 Å². The molecule has 29 heavy (non-hydrogen) atoms. The van der Waals surface area contributed by atoms with Gasteiger partial charge < -0.3 is 24.5 Å². The summed E-state index contributed by atoms with van der Waals surface area (Å²) in [6.07, 6.45) is -0.354. The van der Waals surface area contributed by atoms with Crippen LogP contribution in [-0.2, 0) is 9.53 Å². The molecule has 1 aromatic carbocycles. The Morgan fingerprint density at radius 3 is 2.55 bits per heavy atom. The molecule has 2 heterocycles. The molecule has 9 heteroatoms. The lowest BCUT2D eigenvalue weighted by Gasteiger charge is -2.35. The molecule has 0 spiro atoms. The zero-order valence-corrected chi connectivity index (χ0v) is 16.7. The lowest BCUT2D eigenvalue weighted by atomic mass is 10.2. The largest absolute Gasteiger partial charge is 0.507 e. The second kappa shape index (κ2) is 8.12. The smallest absolute Gasteiger partial charge is 0.410 e. The quantitative estimate of drug-likeness (QED) is 0.754. The summed E-state index contributed by atoms with van der Waals surface area (Å²) in [7, 11) is 0. The monoisotopic (exact) mass is 403 g/mol. The van der Waals surface area contributed by atoms with Crippen LogP contribution in [-0.4, -0.2) is 65.2 Å². The summed E-state index contributed by atoms with van der Waals surface area (Å²) < 4.78 is 10.5. The summed E-state index contributed by atoms with van der Waals surface area (Å²) in [5.74, 6) is -0.486. The summed E-state index contributed by atoms with van der Waals surface area (Å²) in [5, 5.41) is 13.0. The van der Waals surface area contributed by atoms with E-state index in [-0.39, 0.29) is 29.9 Å². The number of nitrogens with zero attached hydrogens (tertiary/aromatic N) is 2. The molecule has 156 valence electrons. The molecule has 1 aliphatic rings. The first-order valence-corrected chi connectivity index (χ1v) is 9.38. The topological polar surface area (TPSA) is 112 Å². The van der Waals surface area contributed by atoms with Crippen molar-refractivity contribution in [3.05, 3.63) is 34.7 Å². The SMILES string of the molecule is CC(C)(C)OC(=O)N1CCN(CC(=O)Nc2cccc3c(O)cc(=O)oc23)CC1. The highest BCUT2D eigenvalue weighted by Crippen LogP contribution is 2.28. The van der Waals surface area contributed by atoms with Crippen molar-refractivity contribution in [3.8, 4) is 5.75 Å². The van der Waals surface area contributed by atoms with Crippen molar-refractivity contribution >= 4 is 28.7 Å². The van der Waals surface area contributed by atoms with E-state index >= 15 is 0 Å². The van der Waals surface area contributed by atoms with E-state index in [1.165, 1.54) is 0 Å². The molecule has 3 rings (SSSR count). The second-order valence-electron chi connectivity index (χ2n) is 7.92. The number of fused-ring (bicyclic) bond motifs is 1. The van der Waals surface area contributed by atoms with Gasteiger partial charge in [0.25, 0.3) is 0 Å². The van der Waals surface area contributed by atoms with Crippen molar-refractivity contribution in [2.75, 3.05) is 38.0 Å². The number of benzene rings is 1. The molecule has 0 atom stereocenters. The third kappa shape index (κ3) is 5.26. The summed E-state index contributed by atoms with van der Waals surface area (Å²) in [6.45, 7) is 7.61. The molecule has 2 aromatic rings. The molecule has 0 bridgehead atoms. The lowest BCUT2D eigenvalue weighted by molar-refractivity contribution is -0.117. The number of para-hydroxylation sites is 1. The number of ether oxygens (including phenoxy) is 1. The molecule has 0 radical (unpaired) electrons. The maximum Gasteiger partial charge on any atom is 0.410 e. The summed E-state index contributed by atoms with van der Waals surface area (Å²) in [4.78, 5) is 39.7. The minimum atomic E-state index is -0.699. The normalized spacial score (nSPS) is 15.3. The van der Waals surface area contributed by atoms with Crippen LogP contribution >= 0.6 is 0 Å². The van der Waals surface area contributed by atoms with Gasteiger partial charge in [0, 0.05) is 26.2 Å². The Kier molecular flexibility index (Phi) is 5.78. The Morgan fingerprint density at radius 2 is 1.90 bits per heavy atom. The maximum atomic E-state index is 12.5. The third-order valence-electron chi connectivity index (χ3n) is 4.41. The average molecular weight is 403 g/mol. The Bertz CT molecular complexity index is 970. The number of nitrogens with one attached hydrogen (secondary N) is 1. The number of anilines is 1. The van der Waals surface area contributed by atoms with Gasteiger partial charge >= 0.3 is 11.7 Å². The lowest BCUT2D eigenvalue weighted by Crippen LogP contribution is -2.51. The first-order chi connectivity index (χ1) is 13.6. The van der Waals surface area contributed by atoms with Crippen molar-refractivity contribution < 1.29 is 23.8 Å². The van der Waals surface area contributed by atoms with Crippen molar-refractivity contribution in [1.29, 1.82) is 0 Å². The van der Waals surface area contributed by atoms with E-state index in [9.17, 15) is 19.5 Å². The number of hydrogen-bond donors (Lipinski definition) is 2. The number of piperazine rings is 1. The number of carbonyl (C=O) groups is 2. The molecule has 1 aliphatic heterocycles. The summed E-state index contributed by atoms with van der Waals surface area (Å²) in [6, 6.07) is 5.83. The zero-order chi connectivity index (χ0) is 21.2. The fourth-order valence-electron chi connectivity index (χ4n) is 3.07. The first-order valence-electron chi connectivity index (χ1n) is 9.38. The Balaban J connectivity index is 1.58. The minimum absolute atomic E-state index is 0.126. The van der Waals surface area contributed by atoms with Crippen LogP contribution in [0.4, 0.5) is 10.5 Å². The molecule has 1 aromatic heterocycles. The van der Waals surface area contributed by atoms with Crippen LogP contribution in [0.5, 0.6) is 5.75 Å². The maximum absolute atomic E-state index is 12.5. The molecule has 1 saturated heterocycles. The number of rotatable bonds is 3. The van der Waals surface area contributed by atoms with Crippen LogP contribution in [0.15, 0.2) is 33.5 Å². The van der Waals surface area contributed by atoms with Crippen LogP contribution in [0.1, 0.15) is 20.8 Å². The highest BCUT2D eigenvalue weighted by Gasteiger charge is 2.26. The van der Waals surface area contributed by atoms with Crippen LogP contribution in [0.2, 0.25) is 0 Å². The number of carbonyl (C=O) groups excluding carboxylic acids is 2. The summed E-state index contributed by atoms with van der Waals surface area (Å²) in [5.41, 5.74) is -0.806. The Morgan fingerprint density at radius 1 is 1.21 bits per heavy atom. The van der Waals surface area contributed by atoms with Crippen LogP contribution in [0.25, 0.3) is 11.0 Å². The van der Waals surface area contributed by atoms with E-state index in [1.807, 2.05) is 25.7 Å². The average Bonchev–Trinajstić information content (AvgIpc) is 2.61. The predicted octanol–water partition coefficient (Wildman–Crippen LogP) is 1.99. The molecule has 9 nitrogen and oxygen atoms in total. The van der Waals surface area contributed by atoms with Gasteiger partial charge in [-0.05, 0) is 32.9 Å². The predicted molar refractivity (Wildman–Crippen MR) is 107 cm³/mol. The Labute approximate surface area is 167 Å². The minimum Gasteiger partial charge on any atom is -0.507 e. The number of amides is 2. The van der Waals surface area contributed by atoms with Crippen molar-refractivity contribution in [2.45, 2.75) is 26.4 Å². The van der Waals surface area contributed by atoms with Crippen molar-refractivity contribution in [2.24, 2.45) is 0 Å². The zero-order valence-electron chi connectivity index (χ0n) is 16.7. The van der Waals surface area contributed by atoms with Gasteiger partial charge in [-0.1, -0.05) is 6.07 Å². The van der Waals surface area contributed by atoms with E-state index in [0.29, 0.717) is 37.3 Å². The van der Waals surface area contributed by atoms with Crippen LogP contribution in [0, 0.1) is 0 Å². The molecule has 0 aliphatic carbocycles. The fraction of sp³-hybridized carbons (Fsp3) is 0.450.